The average Bonchev–Trinajstić information content (AvgIpc) is 2.70. The van der Waals surface area contributed by atoms with Gasteiger partial charge in [0.1, 0.15) is 19.6 Å². The maximum atomic E-state index is 10.8. The number of hydrogen-bond donors (Lipinski definition) is 1. The molecule has 0 spiro atoms. The maximum Gasteiger partial charge on any atom is 0.258 e. The molecule has 2 aromatic carbocycles. The first kappa shape index (κ1) is 28.5. The fourth-order valence-corrected chi connectivity index (χ4v) is 17.2. The lowest BCUT2D eigenvalue weighted by atomic mass is 10.0. The van der Waals surface area contributed by atoms with Crippen molar-refractivity contribution in [2.45, 2.75) is 116 Å². The number of phenolic OH excluding ortho intramolecular Hbond substituents is 1. The van der Waals surface area contributed by atoms with Gasteiger partial charge in [0, 0.05) is 10.9 Å². The number of phenols is 1. The summed E-state index contributed by atoms with van der Waals surface area (Å²) >= 11 is 0. The Balaban J connectivity index is 2.81. The van der Waals surface area contributed by atoms with E-state index in [4.69, 9.17) is 4.43 Å². The Hall–Kier alpha value is -1.71. The summed E-state index contributed by atoms with van der Waals surface area (Å²) < 4.78 is 7.05. The maximum absolute atomic E-state index is 10.8. The van der Waals surface area contributed by atoms with Crippen LogP contribution in [0.5, 0.6) is 11.5 Å². The zero-order valence-electron chi connectivity index (χ0n) is 23.7. The van der Waals surface area contributed by atoms with Crippen LogP contribution in [0.25, 0.3) is 10.8 Å². The summed E-state index contributed by atoms with van der Waals surface area (Å²) in [4.78, 5) is 0. The third-order valence-corrected chi connectivity index (χ3v) is 20.5. The molecule has 188 valence electrons. The van der Waals surface area contributed by atoms with E-state index in [1.807, 2.05) is 6.07 Å². The third kappa shape index (κ3) is 5.11. The van der Waals surface area contributed by atoms with Gasteiger partial charge in [-0.3, -0.25) is 0 Å². The number of fused-ring (bicyclic) bond motifs is 1. The van der Waals surface area contributed by atoms with Crippen LogP contribution >= 0.6 is 0 Å². The molecule has 2 nitrogen and oxygen atoms in total. The van der Waals surface area contributed by atoms with Gasteiger partial charge in [0.2, 0.25) is 0 Å². The summed E-state index contributed by atoms with van der Waals surface area (Å²) in [6.45, 7) is 27.9. The van der Waals surface area contributed by atoms with E-state index >= 15 is 0 Å². The second-order valence-electron chi connectivity index (χ2n) is 11.9. The smallest absolute Gasteiger partial charge is 0.258 e. The van der Waals surface area contributed by atoms with Gasteiger partial charge in [0.25, 0.3) is 8.32 Å². The minimum atomic E-state index is -2.11. The standard InChI is InChI=1S/C30H48O2Si2/c1-20(2)33(21(3)4,22(5)6)17-16-27-19-28(18-26-14-13-15-29(31)30(26)27)32-34(23(7)8,24(9)10)25(11)12/h13-15,18-25,31H,1-12H3. The molecular weight excluding hydrogens is 449 g/mol. The van der Waals surface area contributed by atoms with E-state index in [-0.39, 0.29) is 0 Å². The molecular formula is C30H48O2Si2. The summed E-state index contributed by atoms with van der Waals surface area (Å²) in [7, 11) is -4.02. The Morgan fingerprint density at radius 2 is 1.21 bits per heavy atom. The normalized spacial score (nSPS) is 13.0. The first-order valence-corrected chi connectivity index (χ1v) is 17.6. The van der Waals surface area contributed by atoms with Crippen molar-refractivity contribution in [3.05, 3.63) is 35.9 Å². The molecule has 2 rings (SSSR count). The van der Waals surface area contributed by atoms with Crippen molar-refractivity contribution < 1.29 is 9.53 Å². The molecule has 34 heavy (non-hydrogen) atoms. The van der Waals surface area contributed by atoms with Crippen LogP contribution < -0.4 is 4.43 Å². The van der Waals surface area contributed by atoms with Gasteiger partial charge in [-0.25, -0.2) is 0 Å². The molecule has 0 aromatic heterocycles. The van der Waals surface area contributed by atoms with Gasteiger partial charge in [-0.2, -0.15) is 0 Å². The van der Waals surface area contributed by atoms with E-state index in [0.717, 1.165) is 22.1 Å². The van der Waals surface area contributed by atoms with E-state index in [1.54, 1.807) is 6.07 Å². The van der Waals surface area contributed by atoms with Crippen LogP contribution in [0.15, 0.2) is 30.3 Å². The van der Waals surface area contributed by atoms with Crippen molar-refractivity contribution >= 4 is 27.2 Å². The molecule has 0 fully saturated rings. The van der Waals surface area contributed by atoms with Crippen LogP contribution in [0, 0.1) is 11.5 Å². The molecule has 0 aliphatic carbocycles. The van der Waals surface area contributed by atoms with Gasteiger partial charge in [0.05, 0.1) is 0 Å². The Kier molecular flexibility index (Phi) is 9.16. The van der Waals surface area contributed by atoms with E-state index in [9.17, 15) is 5.11 Å². The summed E-state index contributed by atoms with van der Waals surface area (Å²) in [5.41, 5.74) is 7.90. The molecule has 1 N–H and O–H groups in total. The molecule has 0 atom stereocenters. The fraction of sp³-hybridized carbons (Fsp3) is 0.600. The lowest BCUT2D eigenvalue weighted by molar-refractivity contribution is 0.478. The molecule has 2 aromatic rings. The van der Waals surface area contributed by atoms with E-state index in [1.165, 1.54) is 0 Å². The molecule has 0 saturated carbocycles. The van der Waals surface area contributed by atoms with Crippen molar-refractivity contribution in [2.24, 2.45) is 0 Å². The number of aromatic hydroxyl groups is 1. The summed E-state index contributed by atoms with van der Waals surface area (Å²) in [6, 6.07) is 9.94. The number of benzene rings is 2. The molecule has 0 aliphatic heterocycles. The van der Waals surface area contributed by atoms with Crippen molar-refractivity contribution in [3.8, 4) is 23.0 Å². The molecule has 0 heterocycles. The molecule has 0 saturated heterocycles. The predicted molar refractivity (Wildman–Crippen MR) is 155 cm³/mol. The lowest BCUT2D eigenvalue weighted by Gasteiger charge is -2.42. The quantitative estimate of drug-likeness (QED) is 0.291. The first-order chi connectivity index (χ1) is 15.7. The Morgan fingerprint density at radius 3 is 1.65 bits per heavy atom. The average molecular weight is 497 g/mol. The number of rotatable bonds is 8. The summed E-state index contributed by atoms with van der Waals surface area (Å²) in [6.07, 6.45) is 0. The molecule has 4 heteroatoms. The van der Waals surface area contributed by atoms with E-state index in [0.29, 0.717) is 39.0 Å². The van der Waals surface area contributed by atoms with Gasteiger partial charge in [-0.05, 0) is 56.8 Å². The third-order valence-electron chi connectivity index (χ3n) is 8.21. The number of hydrogen-bond acceptors (Lipinski definition) is 2. The minimum Gasteiger partial charge on any atom is -0.543 e. The van der Waals surface area contributed by atoms with Crippen LogP contribution in [0.4, 0.5) is 0 Å². The molecule has 0 radical (unpaired) electrons. The van der Waals surface area contributed by atoms with Gasteiger partial charge >= 0.3 is 0 Å². The minimum absolute atomic E-state index is 0.291. The zero-order valence-corrected chi connectivity index (χ0v) is 25.7. The second-order valence-corrected chi connectivity index (χ2v) is 22.9. The first-order valence-electron chi connectivity index (χ1n) is 13.2. The van der Waals surface area contributed by atoms with Gasteiger partial charge in [0.15, 0.2) is 0 Å². The van der Waals surface area contributed by atoms with E-state index < -0.39 is 16.4 Å². The topological polar surface area (TPSA) is 29.5 Å². The van der Waals surface area contributed by atoms with Crippen LogP contribution in [0.2, 0.25) is 33.2 Å². The van der Waals surface area contributed by atoms with Gasteiger partial charge in [-0.1, -0.05) is 101 Å². The Labute approximate surface area is 211 Å². The zero-order chi connectivity index (χ0) is 26.0. The highest BCUT2D eigenvalue weighted by Crippen LogP contribution is 2.44. The molecule has 0 unspecified atom stereocenters. The highest BCUT2D eigenvalue weighted by atomic mass is 28.4. The Bertz CT molecular complexity index is 995. The highest BCUT2D eigenvalue weighted by Gasteiger charge is 2.47. The van der Waals surface area contributed by atoms with Gasteiger partial charge in [-0.15, -0.1) is 5.54 Å². The molecule has 0 amide bonds. The Morgan fingerprint density at radius 1 is 0.706 bits per heavy atom. The largest absolute Gasteiger partial charge is 0.543 e. The molecule has 0 aliphatic rings. The van der Waals surface area contributed by atoms with Crippen LogP contribution in [0.1, 0.15) is 88.6 Å². The van der Waals surface area contributed by atoms with Gasteiger partial charge < -0.3 is 9.53 Å². The van der Waals surface area contributed by atoms with Crippen LogP contribution in [-0.4, -0.2) is 21.5 Å². The molecule has 0 bridgehead atoms. The fourth-order valence-electron chi connectivity index (χ4n) is 6.70. The van der Waals surface area contributed by atoms with Crippen molar-refractivity contribution in [1.82, 2.24) is 0 Å². The van der Waals surface area contributed by atoms with E-state index in [2.05, 4.69) is 113 Å². The highest BCUT2D eigenvalue weighted by molar-refractivity contribution is 6.90. The van der Waals surface area contributed by atoms with Crippen LogP contribution in [0.3, 0.4) is 0 Å². The van der Waals surface area contributed by atoms with Crippen molar-refractivity contribution in [3.63, 3.8) is 0 Å². The monoisotopic (exact) mass is 496 g/mol. The predicted octanol–water partition coefficient (Wildman–Crippen LogP) is 9.67. The summed E-state index contributed by atoms with van der Waals surface area (Å²) in [5.74, 6) is 4.80. The van der Waals surface area contributed by atoms with Crippen molar-refractivity contribution in [1.29, 1.82) is 0 Å². The van der Waals surface area contributed by atoms with Crippen LogP contribution in [-0.2, 0) is 0 Å². The SMILES string of the molecule is CC(C)[Si](C#Cc1cc(O[Si](C(C)C)(C(C)C)C(C)C)cc2cccc(O)c12)(C(C)C)C(C)C. The second kappa shape index (κ2) is 10.9. The summed E-state index contributed by atoms with van der Waals surface area (Å²) in [5, 5.41) is 12.6. The lowest BCUT2D eigenvalue weighted by Crippen LogP contribution is -2.50. The van der Waals surface area contributed by atoms with Crippen molar-refractivity contribution in [2.75, 3.05) is 0 Å².